The highest BCUT2D eigenvalue weighted by molar-refractivity contribution is 5.70. The SMILES string of the molecule is N#Cc1ccccc1-c1ccc(CC=O)cc1. The van der Waals surface area contributed by atoms with E-state index < -0.39 is 0 Å². The molecule has 0 aliphatic heterocycles. The Morgan fingerprint density at radius 1 is 1.06 bits per heavy atom. The van der Waals surface area contributed by atoms with E-state index in [1.165, 1.54) is 0 Å². The number of hydrogen-bond acceptors (Lipinski definition) is 2. The van der Waals surface area contributed by atoms with Crippen LogP contribution in [0.2, 0.25) is 0 Å². The predicted octanol–water partition coefficient (Wildman–Crippen LogP) is 2.97. The van der Waals surface area contributed by atoms with Crippen LogP contribution in [0.25, 0.3) is 11.1 Å². The standard InChI is InChI=1S/C15H11NO/c16-11-14-3-1-2-4-15(14)13-7-5-12(6-8-13)9-10-17/h1-8,10H,9H2. The lowest BCUT2D eigenvalue weighted by molar-refractivity contribution is -0.107. The summed E-state index contributed by atoms with van der Waals surface area (Å²) < 4.78 is 0. The van der Waals surface area contributed by atoms with E-state index in [0.717, 1.165) is 23.0 Å². The lowest BCUT2D eigenvalue weighted by Gasteiger charge is -2.04. The van der Waals surface area contributed by atoms with Crippen molar-refractivity contribution in [3.63, 3.8) is 0 Å². The molecule has 17 heavy (non-hydrogen) atoms. The van der Waals surface area contributed by atoms with Gasteiger partial charge in [-0.3, -0.25) is 0 Å². The minimum absolute atomic E-state index is 0.431. The van der Waals surface area contributed by atoms with Crippen molar-refractivity contribution in [3.05, 3.63) is 59.7 Å². The molecule has 0 N–H and O–H groups in total. The molecule has 2 heteroatoms. The molecule has 0 aliphatic carbocycles. The topological polar surface area (TPSA) is 40.9 Å². The van der Waals surface area contributed by atoms with Gasteiger partial charge in [0.1, 0.15) is 6.29 Å². The van der Waals surface area contributed by atoms with Gasteiger partial charge in [0.05, 0.1) is 11.6 Å². The molecule has 0 fully saturated rings. The van der Waals surface area contributed by atoms with Crippen LogP contribution in [0.3, 0.4) is 0 Å². The van der Waals surface area contributed by atoms with Crippen molar-refractivity contribution >= 4 is 6.29 Å². The van der Waals surface area contributed by atoms with Crippen molar-refractivity contribution in [2.75, 3.05) is 0 Å². The first kappa shape index (κ1) is 11.1. The maximum Gasteiger partial charge on any atom is 0.124 e. The van der Waals surface area contributed by atoms with E-state index in [1.807, 2.05) is 42.5 Å². The number of benzene rings is 2. The summed E-state index contributed by atoms with van der Waals surface area (Å²) in [7, 11) is 0. The summed E-state index contributed by atoms with van der Waals surface area (Å²) in [5.74, 6) is 0. The van der Waals surface area contributed by atoms with Crippen LogP contribution < -0.4 is 0 Å². The molecule has 2 aromatic rings. The van der Waals surface area contributed by atoms with Crippen LogP contribution in [0.1, 0.15) is 11.1 Å². The molecule has 2 nitrogen and oxygen atoms in total. The molecule has 0 aliphatic rings. The monoisotopic (exact) mass is 221 g/mol. The third-order valence-electron chi connectivity index (χ3n) is 2.63. The molecule has 0 heterocycles. The maximum absolute atomic E-state index is 10.4. The number of carbonyl (C=O) groups is 1. The summed E-state index contributed by atoms with van der Waals surface area (Å²) >= 11 is 0. The third kappa shape index (κ3) is 2.40. The number of nitriles is 1. The summed E-state index contributed by atoms with van der Waals surface area (Å²) in [4.78, 5) is 10.4. The first-order chi connectivity index (χ1) is 8.35. The highest BCUT2D eigenvalue weighted by Crippen LogP contribution is 2.23. The third-order valence-corrected chi connectivity index (χ3v) is 2.63. The van der Waals surface area contributed by atoms with Gasteiger partial charge in [-0.25, -0.2) is 0 Å². The molecule has 82 valence electrons. The fourth-order valence-electron chi connectivity index (χ4n) is 1.75. The van der Waals surface area contributed by atoms with E-state index in [0.29, 0.717) is 12.0 Å². The minimum Gasteiger partial charge on any atom is -0.303 e. The maximum atomic E-state index is 10.4. The number of hydrogen-bond donors (Lipinski definition) is 0. The molecule has 2 rings (SSSR count). The van der Waals surface area contributed by atoms with Crippen molar-refractivity contribution in [2.24, 2.45) is 0 Å². The predicted molar refractivity (Wildman–Crippen MR) is 66.4 cm³/mol. The van der Waals surface area contributed by atoms with Crippen LogP contribution in [-0.2, 0) is 11.2 Å². The lowest BCUT2D eigenvalue weighted by Crippen LogP contribution is -1.87. The first-order valence-electron chi connectivity index (χ1n) is 5.37. The zero-order valence-corrected chi connectivity index (χ0v) is 9.26. The summed E-state index contributed by atoms with van der Waals surface area (Å²) in [6.45, 7) is 0. The van der Waals surface area contributed by atoms with Gasteiger partial charge in [-0.05, 0) is 22.8 Å². The van der Waals surface area contributed by atoms with Gasteiger partial charge in [0.15, 0.2) is 0 Å². The zero-order valence-electron chi connectivity index (χ0n) is 9.26. The van der Waals surface area contributed by atoms with Crippen molar-refractivity contribution < 1.29 is 4.79 Å². The lowest BCUT2D eigenvalue weighted by atomic mass is 9.99. The number of aldehydes is 1. The highest BCUT2D eigenvalue weighted by atomic mass is 16.1. The second kappa shape index (κ2) is 5.09. The zero-order chi connectivity index (χ0) is 12.1. The average molecular weight is 221 g/mol. The number of rotatable bonds is 3. The quantitative estimate of drug-likeness (QED) is 0.747. The van der Waals surface area contributed by atoms with Gasteiger partial charge < -0.3 is 4.79 Å². The second-order valence-corrected chi connectivity index (χ2v) is 3.73. The number of nitrogens with zero attached hydrogens (tertiary/aromatic N) is 1. The Morgan fingerprint density at radius 3 is 2.41 bits per heavy atom. The summed E-state index contributed by atoms with van der Waals surface area (Å²) in [6.07, 6.45) is 1.32. The fraction of sp³-hybridized carbons (Fsp3) is 0.0667. The van der Waals surface area contributed by atoms with Crippen LogP contribution in [0.5, 0.6) is 0 Å². The Morgan fingerprint density at radius 2 is 1.76 bits per heavy atom. The molecule has 0 aromatic heterocycles. The van der Waals surface area contributed by atoms with Crippen molar-refractivity contribution in [3.8, 4) is 17.2 Å². The van der Waals surface area contributed by atoms with Gasteiger partial charge in [-0.1, -0.05) is 42.5 Å². The van der Waals surface area contributed by atoms with Gasteiger partial charge in [-0.2, -0.15) is 5.26 Å². The smallest absolute Gasteiger partial charge is 0.124 e. The van der Waals surface area contributed by atoms with Crippen molar-refractivity contribution in [2.45, 2.75) is 6.42 Å². The Bertz CT molecular complexity index is 564. The van der Waals surface area contributed by atoms with Crippen LogP contribution >= 0.6 is 0 Å². The van der Waals surface area contributed by atoms with Crippen LogP contribution in [-0.4, -0.2) is 6.29 Å². The molecule has 0 atom stereocenters. The minimum atomic E-state index is 0.431. The second-order valence-electron chi connectivity index (χ2n) is 3.73. The van der Waals surface area contributed by atoms with E-state index in [1.54, 1.807) is 6.07 Å². The molecule has 2 aromatic carbocycles. The Hall–Kier alpha value is -2.40. The van der Waals surface area contributed by atoms with Gasteiger partial charge in [0, 0.05) is 6.42 Å². The average Bonchev–Trinajstić information content (AvgIpc) is 2.40. The molecule has 0 unspecified atom stereocenters. The largest absolute Gasteiger partial charge is 0.303 e. The highest BCUT2D eigenvalue weighted by Gasteiger charge is 2.03. The summed E-state index contributed by atoms with van der Waals surface area (Å²) in [5, 5.41) is 9.02. The van der Waals surface area contributed by atoms with Crippen LogP contribution in [0, 0.1) is 11.3 Å². The fourth-order valence-corrected chi connectivity index (χ4v) is 1.75. The molecule has 0 radical (unpaired) electrons. The Balaban J connectivity index is 2.40. The molecule has 0 saturated carbocycles. The molecular formula is C15H11NO. The first-order valence-corrected chi connectivity index (χ1v) is 5.37. The molecule has 0 spiro atoms. The van der Waals surface area contributed by atoms with E-state index in [2.05, 4.69) is 6.07 Å². The summed E-state index contributed by atoms with van der Waals surface area (Å²) in [5.41, 5.74) is 3.57. The number of carbonyl (C=O) groups excluding carboxylic acids is 1. The van der Waals surface area contributed by atoms with Gasteiger partial charge in [-0.15, -0.1) is 0 Å². The van der Waals surface area contributed by atoms with E-state index >= 15 is 0 Å². The van der Waals surface area contributed by atoms with Gasteiger partial charge in [0.2, 0.25) is 0 Å². The Kier molecular flexibility index (Phi) is 3.32. The Labute approximate surface area is 100 Å². The molecule has 0 saturated heterocycles. The van der Waals surface area contributed by atoms with Gasteiger partial charge >= 0.3 is 0 Å². The summed E-state index contributed by atoms with van der Waals surface area (Å²) in [6, 6.07) is 17.4. The van der Waals surface area contributed by atoms with Crippen molar-refractivity contribution in [1.29, 1.82) is 5.26 Å². The van der Waals surface area contributed by atoms with E-state index in [9.17, 15) is 4.79 Å². The van der Waals surface area contributed by atoms with Crippen LogP contribution in [0.4, 0.5) is 0 Å². The molecule has 0 amide bonds. The van der Waals surface area contributed by atoms with Crippen LogP contribution in [0.15, 0.2) is 48.5 Å². The molecule has 0 bridgehead atoms. The van der Waals surface area contributed by atoms with E-state index in [-0.39, 0.29) is 0 Å². The normalized spacial score (nSPS) is 9.59. The molecular weight excluding hydrogens is 210 g/mol. The van der Waals surface area contributed by atoms with E-state index in [4.69, 9.17) is 5.26 Å². The van der Waals surface area contributed by atoms with Gasteiger partial charge in [0.25, 0.3) is 0 Å². The van der Waals surface area contributed by atoms with Crippen molar-refractivity contribution in [1.82, 2.24) is 0 Å².